The maximum absolute atomic E-state index is 4.10. The summed E-state index contributed by atoms with van der Waals surface area (Å²) in [7, 11) is 0. The van der Waals surface area contributed by atoms with Gasteiger partial charge in [-0.1, -0.05) is 13.8 Å². The highest BCUT2D eigenvalue weighted by Gasteiger charge is 2.00. The van der Waals surface area contributed by atoms with E-state index in [0.717, 1.165) is 12.2 Å². The number of hydrogen-bond donors (Lipinski definition) is 1. The molecule has 0 bridgehead atoms. The zero-order valence-corrected chi connectivity index (χ0v) is 9.19. The van der Waals surface area contributed by atoms with Crippen LogP contribution in [0.15, 0.2) is 23.4 Å². The van der Waals surface area contributed by atoms with Gasteiger partial charge in [-0.15, -0.1) is 11.8 Å². The summed E-state index contributed by atoms with van der Waals surface area (Å²) in [6, 6.07) is 2.04. The quantitative estimate of drug-likeness (QED) is 0.750. The molecule has 2 nitrogen and oxygen atoms in total. The van der Waals surface area contributed by atoms with E-state index in [-0.39, 0.29) is 0 Å². The van der Waals surface area contributed by atoms with Gasteiger partial charge in [-0.2, -0.15) is 0 Å². The first-order valence-corrected chi connectivity index (χ1v) is 5.68. The van der Waals surface area contributed by atoms with E-state index in [2.05, 4.69) is 30.4 Å². The second-order valence-electron chi connectivity index (χ2n) is 3.35. The minimum absolute atomic E-state index is 0.662. The van der Waals surface area contributed by atoms with Gasteiger partial charge in [-0.05, 0) is 18.2 Å². The average Bonchev–Trinajstić information content (AvgIpc) is 2.15. The van der Waals surface area contributed by atoms with Crippen molar-refractivity contribution in [2.24, 2.45) is 5.92 Å². The molecule has 0 aliphatic rings. The van der Waals surface area contributed by atoms with Gasteiger partial charge in [0.15, 0.2) is 0 Å². The van der Waals surface area contributed by atoms with Crippen LogP contribution in [0, 0.1) is 5.92 Å². The Hall–Kier alpha value is -0.700. The first-order chi connectivity index (χ1) is 6.24. The second kappa shape index (κ2) is 5.12. The summed E-state index contributed by atoms with van der Waals surface area (Å²) in [6.45, 7) is 5.39. The molecule has 0 aliphatic carbocycles. The van der Waals surface area contributed by atoms with Gasteiger partial charge < -0.3 is 5.32 Å². The Morgan fingerprint density at radius 3 is 2.92 bits per heavy atom. The van der Waals surface area contributed by atoms with Crippen LogP contribution < -0.4 is 5.32 Å². The van der Waals surface area contributed by atoms with Crippen molar-refractivity contribution >= 4 is 17.4 Å². The SMILES string of the molecule is CSc1ccncc1NCC(C)C. The van der Waals surface area contributed by atoms with Crippen LogP contribution in [0.1, 0.15) is 13.8 Å². The summed E-state index contributed by atoms with van der Waals surface area (Å²) < 4.78 is 0. The van der Waals surface area contributed by atoms with Crippen molar-refractivity contribution in [3.63, 3.8) is 0 Å². The van der Waals surface area contributed by atoms with Gasteiger partial charge in [0.2, 0.25) is 0 Å². The Bertz CT molecular complexity index is 261. The number of nitrogens with one attached hydrogen (secondary N) is 1. The molecule has 1 aromatic heterocycles. The van der Waals surface area contributed by atoms with Crippen molar-refractivity contribution in [3.8, 4) is 0 Å². The highest BCUT2D eigenvalue weighted by Crippen LogP contribution is 2.23. The van der Waals surface area contributed by atoms with Gasteiger partial charge >= 0.3 is 0 Å². The molecule has 0 aliphatic heterocycles. The third-order valence-electron chi connectivity index (χ3n) is 1.70. The van der Waals surface area contributed by atoms with Crippen molar-refractivity contribution in [2.75, 3.05) is 18.1 Å². The number of hydrogen-bond acceptors (Lipinski definition) is 3. The van der Waals surface area contributed by atoms with E-state index in [9.17, 15) is 0 Å². The summed E-state index contributed by atoms with van der Waals surface area (Å²) in [5.74, 6) is 0.662. The topological polar surface area (TPSA) is 24.9 Å². The first kappa shape index (κ1) is 10.4. The molecule has 0 spiro atoms. The van der Waals surface area contributed by atoms with Gasteiger partial charge in [0.25, 0.3) is 0 Å². The molecule has 13 heavy (non-hydrogen) atoms. The number of aromatic nitrogens is 1. The van der Waals surface area contributed by atoms with E-state index in [0.29, 0.717) is 5.92 Å². The predicted octanol–water partition coefficient (Wildman–Crippen LogP) is 2.87. The van der Waals surface area contributed by atoms with Crippen molar-refractivity contribution < 1.29 is 0 Å². The fourth-order valence-electron chi connectivity index (χ4n) is 1.01. The van der Waals surface area contributed by atoms with Crippen molar-refractivity contribution in [3.05, 3.63) is 18.5 Å². The fourth-order valence-corrected chi connectivity index (χ4v) is 1.55. The Balaban J connectivity index is 2.64. The van der Waals surface area contributed by atoms with Crippen LogP contribution in [0.5, 0.6) is 0 Å². The average molecular weight is 196 g/mol. The van der Waals surface area contributed by atoms with Crippen LogP contribution >= 0.6 is 11.8 Å². The minimum atomic E-state index is 0.662. The van der Waals surface area contributed by atoms with Crippen LogP contribution in [0.3, 0.4) is 0 Å². The van der Waals surface area contributed by atoms with Gasteiger partial charge in [-0.3, -0.25) is 4.98 Å². The monoisotopic (exact) mass is 196 g/mol. The van der Waals surface area contributed by atoms with E-state index in [4.69, 9.17) is 0 Å². The summed E-state index contributed by atoms with van der Waals surface area (Å²) in [5, 5.41) is 3.38. The normalized spacial score (nSPS) is 10.5. The van der Waals surface area contributed by atoms with E-state index < -0.39 is 0 Å². The Kier molecular flexibility index (Phi) is 4.09. The maximum atomic E-state index is 4.10. The Morgan fingerprint density at radius 2 is 2.31 bits per heavy atom. The van der Waals surface area contributed by atoms with Gasteiger partial charge in [0.05, 0.1) is 11.9 Å². The molecular weight excluding hydrogens is 180 g/mol. The molecule has 1 N–H and O–H groups in total. The fraction of sp³-hybridized carbons (Fsp3) is 0.500. The summed E-state index contributed by atoms with van der Waals surface area (Å²) in [5.41, 5.74) is 1.14. The van der Waals surface area contributed by atoms with Crippen LogP contribution in [-0.2, 0) is 0 Å². The molecule has 1 heterocycles. The van der Waals surface area contributed by atoms with Crippen molar-refractivity contribution in [2.45, 2.75) is 18.7 Å². The van der Waals surface area contributed by atoms with Gasteiger partial charge in [0, 0.05) is 17.6 Å². The van der Waals surface area contributed by atoms with E-state index in [1.165, 1.54) is 4.90 Å². The van der Waals surface area contributed by atoms with Crippen LogP contribution in [0.2, 0.25) is 0 Å². The number of thioether (sulfide) groups is 1. The van der Waals surface area contributed by atoms with E-state index >= 15 is 0 Å². The standard InChI is InChI=1S/C10H16N2S/c1-8(2)6-12-9-7-11-5-4-10(9)13-3/h4-5,7-8,12H,6H2,1-3H3. The number of nitrogens with zero attached hydrogens (tertiary/aromatic N) is 1. The molecule has 0 saturated heterocycles. The molecule has 0 aromatic carbocycles. The van der Waals surface area contributed by atoms with Crippen LogP contribution in [0.25, 0.3) is 0 Å². The predicted molar refractivity (Wildman–Crippen MR) is 59.3 cm³/mol. The zero-order chi connectivity index (χ0) is 9.68. The molecule has 0 radical (unpaired) electrons. The minimum Gasteiger partial charge on any atom is -0.383 e. The summed E-state index contributed by atoms with van der Waals surface area (Å²) >= 11 is 1.74. The molecular formula is C10H16N2S. The lowest BCUT2D eigenvalue weighted by atomic mass is 10.2. The lowest BCUT2D eigenvalue weighted by Crippen LogP contribution is -2.08. The molecule has 72 valence electrons. The zero-order valence-electron chi connectivity index (χ0n) is 8.37. The third kappa shape index (κ3) is 3.27. The van der Waals surface area contributed by atoms with Crippen LogP contribution in [0.4, 0.5) is 5.69 Å². The molecule has 1 rings (SSSR count). The number of anilines is 1. The molecule has 0 fully saturated rings. The summed E-state index contributed by atoms with van der Waals surface area (Å²) in [6.07, 6.45) is 5.79. The Labute approximate surface area is 84.1 Å². The highest BCUT2D eigenvalue weighted by atomic mass is 32.2. The van der Waals surface area contributed by atoms with Crippen LogP contribution in [-0.4, -0.2) is 17.8 Å². The highest BCUT2D eigenvalue weighted by molar-refractivity contribution is 7.98. The Morgan fingerprint density at radius 1 is 1.54 bits per heavy atom. The second-order valence-corrected chi connectivity index (χ2v) is 4.20. The van der Waals surface area contributed by atoms with Crippen molar-refractivity contribution in [1.29, 1.82) is 0 Å². The van der Waals surface area contributed by atoms with E-state index in [1.54, 1.807) is 11.8 Å². The molecule has 3 heteroatoms. The molecule has 0 unspecified atom stereocenters. The van der Waals surface area contributed by atoms with E-state index in [1.807, 2.05) is 18.5 Å². The molecule has 0 saturated carbocycles. The first-order valence-electron chi connectivity index (χ1n) is 4.46. The number of rotatable bonds is 4. The number of pyridine rings is 1. The lowest BCUT2D eigenvalue weighted by Gasteiger charge is -2.11. The maximum Gasteiger partial charge on any atom is 0.0664 e. The smallest absolute Gasteiger partial charge is 0.0664 e. The molecule has 1 aromatic rings. The molecule has 0 atom stereocenters. The third-order valence-corrected chi connectivity index (χ3v) is 2.50. The summed E-state index contributed by atoms with van der Waals surface area (Å²) in [4.78, 5) is 5.36. The molecule has 0 amide bonds. The largest absolute Gasteiger partial charge is 0.383 e. The van der Waals surface area contributed by atoms with Gasteiger partial charge in [-0.25, -0.2) is 0 Å². The van der Waals surface area contributed by atoms with Gasteiger partial charge in [0.1, 0.15) is 0 Å². The lowest BCUT2D eigenvalue weighted by molar-refractivity contribution is 0.687. The van der Waals surface area contributed by atoms with Crippen molar-refractivity contribution in [1.82, 2.24) is 4.98 Å².